The monoisotopic (exact) mass is 448 g/mol. The van der Waals surface area contributed by atoms with E-state index in [0.717, 1.165) is 6.07 Å². The molecule has 0 spiro atoms. The topological polar surface area (TPSA) is 101 Å². The van der Waals surface area contributed by atoms with Crippen LogP contribution in [-0.4, -0.2) is 29.9 Å². The Morgan fingerprint density at radius 3 is 2.12 bits per heavy atom. The number of carbonyl (C=O) groups is 1. The van der Waals surface area contributed by atoms with Crippen LogP contribution in [0.5, 0.6) is 0 Å². The zero-order valence-electron chi connectivity index (χ0n) is 12.1. The van der Waals surface area contributed by atoms with E-state index in [0.29, 0.717) is 12.1 Å². The highest BCUT2D eigenvalue weighted by Gasteiger charge is 2.47. The Kier molecular flexibility index (Phi) is 5.85. The lowest BCUT2D eigenvalue weighted by Crippen LogP contribution is -2.24. The number of alkyl halides is 3. The summed E-state index contributed by atoms with van der Waals surface area (Å²) in [5.41, 5.74) is -5.89. The molecule has 26 heavy (non-hydrogen) atoms. The minimum atomic E-state index is -5.61. The summed E-state index contributed by atoms with van der Waals surface area (Å²) in [6, 6.07) is 2.30. The number of anilines is 2. The number of aromatic nitrogens is 2. The number of nitrogens with one attached hydrogen (secondary N) is 2. The van der Waals surface area contributed by atoms with Crippen LogP contribution in [0.2, 0.25) is 15.3 Å². The van der Waals surface area contributed by atoms with Crippen LogP contribution in [0.4, 0.5) is 29.6 Å². The number of carbonyl (C=O) groups excluding carboxylic acids is 1. The van der Waals surface area contributed by atoms with E-state index in [1.54, 1.807) is 0 Å². The fourth-order valence-electron chi connectivity index (χ4n) is 1.60. The van der Waals surface area contributed by atoms with Crippen LogP contribution < -0.4 is 10.6 Å². The third-order valence-electron chi connectivity index (χ3n) is 2.69. The number of amides is 2. The predicted octanol–water partition coefficient (Wildman–Crippen LogP) is 4.37. The zero-order valence-corrected chi connectivity index (χ0v) is 15.2. The van der Waals surface area contributed by atoms with Gasteiger partial charge in [0.1, 0.15) is 10.3 Å². The van der Waals surface area contributed by atoms with Crippen molar-refractivity contribution < 1.29 is 26.4 Å². The molecule has 0 fully saturated rings. The number of hydrogen-bond donors (Lipinski definition) is 2. The molecule has 0 atom stereocenters. The van der Waals surface area contributed by atoms with Gasteiger partial charge in [-0.3, -0.25) is 5.32 Å². The molecule has 1 aromatic carbocycles. The number of urea groups is 1. The maximum absolute atomic E-state index is 12.6. The van der Waals surface area contributed by atoms with Crippen LogP contribution in [0.15, 0.2) is 29.2 Å². The summed E-state index contributed by atoms with van der Waals surface area (Å²) in [6.45, 7) is 0. The van der Waals surface area contributed by atoms with Crippen LogP contribution in [-0.2, 0) is 9.84 Å². The SMILES string of the molecule is O=C(Nc1nc(Cl)cc(Cl)n1)Nc1cc(S(=O)(=O)C(F)(F)F)ccc1Cl. The second-order valence-corrected chi connectivity index (χ2v) is 7.63. The van der Waals surface area contributed by atoms with Gasteiger partial charge >= 0.3 is 11.5 Å². The van der Waals surface area contributed by atoms with E-state index in [1.165, 1.54) is 6.07 Å². The lowest BCUT2D eigenvalue weighted by atomic mass is 10.3. The van der Waals surface area contributed by atoms with Crippen molar-refractivity contribution in [1.82, 2.24) is 9.97 Å². The normalized spacial score (nSPS) is 11.9. The van der Waals surface area contributed by atoms with Crippen molar-refractivity contribution >= 4 is 62.3 Å². The summed E-state index contributed by atoms with van der Waals surface area (Å²) in [7, 11) is -5.61. The molecule has 0 aliphatic carbocycles. The quantitative estimate of drug-likeness (QED) is 0.678. The Hall–Kier alpha value is -1.82. The molecule has 0 saturated heterocycles. The first-order valence-corrected chi connectivity index (χ1v) is 8.91. The molecule has 1 heterocycles. The second kappa shape index (κ2) is 7.43. The standard InChI is InChI=1S/C12H6Cl3F3N4O3S/c13-6-2-1-5(26(24,25)12(16,17)18)3-7(6)19-11(23)22-10-20-8(14)4-9(15)21-10/h1-4H,(H2,19,20,21,22,23). The van der Waals surface area contributed by atoms with E-state index in [4.69, 9.17) is 34.8 Å². The van der Waals surface area contributed by atoms with Gasteiger partial charge in [-0.25, -0.2) is 23.2 Å². The van der Waals surface area contributed by atoms with Crippen molar-refractivity contribution in [1.29, 1.82) is 0 Å². The maximum atomic E-state index is 12.6. The average Bonchev–Trinajstić information content (AvgIpc) is 2.46. The molecule has 2 rings (SSSR count). The molecule has 2 amide bonds. The Morgan fingerprint density at radius 1 is 1.00 bits per heavy atom. The highest BCUT2D eigenvalue weighted by Crippen LogP contribution is 2.33. The molecule has 0 aliphatic heterocycles. The largest absolute Gasteiger partial charge is 0.501 e. The van der Waals surface area contributed by atoms with Crippen molar-refractivity contribution in [2.75, 3.05) is 10.6 Å². The van der Waals surface area contributed by atoms with Gasteiger partial charge in [-0.2, -0.15) is 13.2 Å². The van der Waals surface area contributed by atoms with Gasteiger partial charge < -0.3 is 5.32 Å². The van der Waals surface area contributed by atoms with E-state index in [9.17, 15) is 26.4 Å². The molecular weight excluding hydrogens is 444 g/mol. The van der Waals surface area contributed by atoms with Gasteiger partial charge in [-0.1, -0.05) is 34.8 Å². The summed E-state index contributed by atoms with van der Waals surface area (Å²) >= 11 is 17.0. The van der Waals surface area contributed by atoms with E-state index >= 15 is 0 Å². The minimum absolute atomic E-state index is 0.0726. The number of sulfone groups is 1. The van der Waals surface area contributed by atoms with Gasteiger partial charge in [0.15, 0.2) is 0 Å². The predicted molar refractivity (Wildman–Crippen MR) is 89.4 cm³/mol. The Balaban J connectivity index is 2.26. The first kappa shape index (κ1) is 20.5. The highest BCUT2D eigenvalue weighted by molar-refractivity contribution is 7.92. The molecule has 7 nitrogen and oxygen atoms in total. The van der Waals surface area contributed by atoms with Gasteiger partial charge in [0.2, 0.25) is 5.95 Å². The highest BCUT2D eigenvalue weighted by atomic mass is 35.5. The van der Waals surface area contributed by atoms with Crippen molar-refractivity contribution in [2.24, 2.45) is 0 Å². The Morgan fingerprint density at radius 2 is 1.58 bits per heavy atom. The molecule has 140 valence electrons. The molecular formula is C12H6Cl3F3N4O3S. The first-order valence-electron chi connectivity index (χ1n) is 6.29. The number of nitrogens with zero attached hydrogens (tertiary/aromatic N) is 2. The van der Waals surface area contributed by atoms with E-state index in [2.05, 4.69) is 20.6 Å². The lowest BCUT2D eigenvalue weighted by molar-refractivity contribution is -0.0435. The molecule has 0 saturated carbocycles. The van der Waals surface area contributed by atoms with Crippen LogP contribution in [0.1, 0.15) is 0 Å². The summed E-state index contributed by atoms with van der Waals surface area (Å²) in [6.07, 6.45) is 0. The fourth-order valence-corrected chi connectivity index (χ4v) is 2.98. The number of benzene rings is 1. The van der Waals surface area contributed by atoms with Crippen LogP contribution in [0.25, 0.3) is 0 Å². The van der Waals surface area contributed by atoms with Crippen molar-refractivity contribution in [3.05, 3.63) is 39.6 Å². The van der Waals surface area contributed by atoms with Gasteiger partial charge in [0, 0.05) is 6.07 Å². The van der Waals surface area contributed by atoms with E-state index in [1.807, 2.05) is 0 Å². The third kappa shape index (κ3) is 4.67. The molecule has 2 N–H and O–H groups in total. The number of halogens is 6. The van der Waals surface area contributed by atoms with Gasteiger partial charge in [0.25, 0.3) is 9.84 Å². The Bertz CT molecular complexity index is 950. The van der Waals surface area contributed by atoms with Crippen molar-refractivity contribution in [3.63, 3.8) is 0 Å². The van der Waals surface area contributed by atoms with Crippen molar-refractivity contribution in [3.8, 4) is 0 Å². The minimum Gasteiger partial charge on any atom is -0.306 e. The number of rotatable bonds is 3. The molecule has 1 aromatic heterocycles. The van der Waals surface area contributed by atoms with Gasteiger partial charge in [-0.05, 0) is 18.2 Å². The van der Waals surface area contributed by atoms with Crippen LogP contribution >= 0.6 is 34.8 Å². The molecule has 0 bridgehead atoms. The molecule has 14 heteroatoms. The van der Waals surface area contributed by atoms with E-state index < -0.39 is 26.3 Å². The summed E-state index contributed by atoms with van der Waals surface area (Å²) < 4.78 is 60.7. The zero-order chi connectivity index (χ0) is 19.7. The number of hydrogen-bond acceptors (Lipinski definition) is 5. The van der Waals surface area contributed by atoms with Crippen molar-refractivity contribution in [2.45, 2.75) is 10.4 Å². The van der Waals surface area contributed by atoms with Gasteiger partial charge in [-0.15, -0.1) is 0 Å². The third-order valence-corrected chi connectivity index (χ3v) is 4.89. The summed E-state index contributed by atoms with van der Waals surface area (Å²) in [5, 5.41) is 3.85. The van der Waals surface area contributed by atoms with Gasteiger partial charge in [0.05, 0.1) is 15.6 Å². The molecule has 0 unspecified atom stereocenters. The lowest BCUT2D eigenvalue weighted by Gasteiger charge is -2.12. The van der Waals surface area contributed by atoms with E-state index in [-0.39, 0.29) is 27.0 Å². The molecule has 2 aromatic rings. The van der Waals surface area contributed by atoms with Crippen LogP contribution in [0, 0.1) is 0 Å². The van der Waals surface area contributed by atoms with Crippen LogP contribution in [0.3, 0.4) is 0 Å². The first-order chi connectivity index (χ1) is 11.9. The Labute approximate surface area is 159 Å². The molecule has 0 aliphatic rings. The molecule has 0 radical (unpaired) electrons. The summed E-state index contributed by atoms with van der Waals surface area (Å²) in [4.78, 5) is 18.1. The smallest absolute Gasteiger partial charge is 0.306 e. The average molecular weight is 450 g/mol. The fraction of sp³-hybridized carbons (Fsp3) is 0.0833. The summed E-state index contributed by atoms with van der Waals surface area (Å²) in [5.74, 6) is -0.296. The second-order valence-electron chi connectivity index (χ2n) is 4.51. The maximum Gasteiger partial charge on any atom is 0.501 e.